The monoisotopic (exact) mass is 224 g/mol. The van der Waals surface area contributed by atoms with Gasteiger partial charge >= 0.3 is 0 Å². The van der Waals surface area contributed by atoms with Crippen molar-refractivity contribution in [1.82, 2.24) is 10.3 Å². The maximum Gasteiger partial charge on any atom is 0.196 e. The van der Waals surface area contributed by atoms with Gasteiger partial charge in [0.25, 0.3) is 0 Å². The molecule has 90 valence electrons. The maximum absolute atomic E-state index is 5.67. The lowest BCUT2D eigenvalue weighted by atomic mass is 10.2. The summed E-state index contributed by atoms with van der Waals surface area (Å²) in [7, 11) is 1.96. The third-order valence-electron chi connectivity index (χ3n) is 2.88. The van der Waals surface area contributed by atoms with Crippen LogP contribution in [0.5, 0.6) is 0 Å². The molecule has 1 unspecified atom stereocenters. The summed E-state index contributed by atoms with van der Waals surface area (Å²) >= 11 is 0. The van der Waals surface area contributed by atoms with Gasteiger partial charge in [-0.25, -0.2) is 4.98 Å². The zero-order chi connectivity index (χ0) is 11.2. The van der Waals surface area contributed by atoms with Crippen LogP contribution in [0.3, 0.4) is 0 Å². The number of hydrogen-bond donors (Lipinski definition) is 1. The highest BCUT2D eigenvalue weighted by atomic mass is 16.5. The number of aromatic nitrogens is 1. The van der Waals surface area contributed by atoms with Gasteiger partial charge in [0.15, 0.2) is 5.89 Å². The van der Waals surface area contributed by atoms with E-state index in [9.17, 15) is 0 Å². The molecule has 1 aromatic rings. The van der Waals surface area contributed by atoms with Gasteiger partial charge in [0, 0.05) is 13.0 Å². The second kappa shape index (κ2) is 6.01. The summed E-state index contributed by atoms with van der Waals surface area (Å²) in [5, 5.41) is 3.12. The molecule has 2 heterocycles. The summed E-state index contributed by atoms with van der Waals surface area (Å²) in [5.74, 6) is 1.81. The predicted octanol–water partition coefficient (Wildman–Crippen LogP) is 1.55. The number of hydrogen-bond acceptors (Lipinski definition) is 4. The summed E-state index contributed by atoms with van der Waals surface area (Å²) in [5.41, 5.74) is 0. The van der Waals surface area contributed by atoms with Gasteiger partial charge in [0.1, 0.15) is 5.76 Å². The van der Waals surface area contributed by atoms with Gasteiger partial charge in [-0.1, -0.05) is 0 Å². The Morgan fingerprint density at radius 1 is 1.56 bits per heavy atom. The van der Waals surface area contributed by atoms with E-state index in [0.29, 0.717) is 6.10 Å². The van der Waals surface area contributed by atoms with E-state index in [0.717, 1.165) is 50.5 Å². The number of rotatable bonds is 6. The topological polar surface area (TPSA) is 47.3 Å². The van der Waals surface area contributed by atoms with Crippen LogP contribution in [0.2, 0.25) is 0 Å². The number of nitrogens with zero attached hydrogens (tertiary/aromatic N) is 1. The molecule has 4 heteroatoms. The summed E-state index contributed by atoms with van der Waals surface area (Å²) in [6.45, 7) is 1.90. The Labute approximate surface area is 96.4 Å². The van der Waals surface area contributed by atoms with Gasteiger partial charge in [-0.2, -0.15) is 0 Å². The van der Waals surface area contributed by atoms with E-state index >= 15 is 0 Å². The van der Waals surface area contributed by atoms with E-state index < -0.39 is 0 Å². The highest BCUT2D eigenvalue weighted by molar-refractivity contribution is 4.96. The second-order valence-electron chi connectivity index (χ2n) is 4.27. The summed E-state index contributed by atoms with van der Waals surface area (Å²) in [6, 6.07) is 0. The largest absolute Gasteiger partial charge is 0.446 e. The van der Waals surface area contributed by atoms with Gasteiger partial charge < -0.3 is 14.5 Å². The molecular formula is C12H20N2O2. The number of aryl methyl sites for hydroxylation is 1. The Morgan fingerprint density at radius 3 is 3.25 bits per heavy atom. The zero-order valence-electron chi connectivity index (χ0n) is 9.87. The number of oxazole rings is 1. The molecule has 1 fully saturated rings. The van der Waals surface area contributed by atoms with Crippen molar-refractivity contribution in [3.8, 4) is 0 Å². The van der Waals surface area contributed by atoms with E-state index in [1.807, 2.05) is 13.2 Å². The van der Waals surface area contributed by atoms with Gasteiger partial charge in [-0.3, -0.25) is 0 Å². The van der Waals surface area contributed by atoms with Crippen LogP contribution in [0.1, 0.15) is 30.9 Å². The lowest BCUT2D eigenvalue weighted by Crippen LogP contribution is -2.09. The van der Waals surface area contributed by atoms with Crippen LogP contribution in [0.4, 0.5) is 0 Å². The Morgan fingerprint density at radius 2 is 2.50 bits per heavy atom. The molecule has 0 aromatic carbocycles. The van der Waals surface area contributed by atoms with Gasteiger partial charge in [-0.05, 0) is 32.9 Å². The first-order valence-electron chi connectivity index (χ1n) is 6.08. The molecule has 0 saturated carbocycles. The van der Waals surface area contributed by atoms with Crippen molar-refractivity contribution in [2.24, 2.45) is 0 Å². The van der Waals surface area contributed by atoms with Crippen LogP contribution in [0, 0.1) is 0 Å². The van der Waals surface area contributed by atoms with Crippen LogP contribution in [-0.2, 0) is 17.6 Å². The first-order chi connectivity index (χ1) is 7.88. The summed E-state index contributed by atoms with van der Waals surface area (Å²) < 4.78 is 11.2. The fraction of sp³-hybridized carbons (Fsp3) is 0.750. The molecule has 1 aliphatic rings. The lowest BCUT2D eigenvalue weighted by Gasteiger charge is -2.04. The van der Waals surface area contributed by atoms with Crippen LogP contribution in [-0.4, -0.2) is 31.3 Å². The Bertz CT molecular complexity index is 306. The first kappa shape index (κ1) is 11.6. The lowest BCUT2D eigenvalue weighted by molar-refractivity contribution is 0.105. The molecule has 2 rings (SSSR count). The van der Waals surface area contributed by atoms with Crippen LogP contribution < -0.4 is 5.32 Å². The number of ether oxygens (including phenoxy) is 1. The Kier molecular flexibility index (Phi) is 4.36. The van der Waals surface area contributed by atoms with Crippen molar-refractivity contribution in [1.29, 1.82) is 0 Å². The van der Waals surface area contributed by atoms with Gasteiger partial charge in [0.2, 0.25) is 0 Å². The molecule has 1 N–H and O–H groups in total. The van der Waals surface area contributed by atoms with E-state index in [1.54, 1.807) is 0 Å². The molecule has 1 saturated heterocycles. The molecule has 1 atom stereocenters. The van der Waals surface area contributed by atoms with E-state index in [2.05, 4.69) is 10.3 Å². The highest BCUT2D eigenvalue weighted by Gasteiger charge is 2.18. The molecule has 1 aliphatic heterocycles. The summed E-state index contributed by atoms with van der Waals surface area (Å²) in [4.78, 5) is 4.29. The van der Waals surface area contributed by atoms with Crippen molar-refractivity contribution >= 4 is 0 Å². The molecule has 0 radical (unpaired) electrons. The first-order valence-corrected chi connectivity index (χ1v) is 6.08. The highest BCUT2D eigenvalue weighted by Crippen LogP contribution is 2.17. The van der Waals surface area contributed by atoms with Crippen molar-refractivity contribution in [3.63, 3.8) is 0 Å². The van der Waals surface area contributed by atoms with E-state index in [1.165, 1.54) is 6.42 Å². The molecule has 0 bridgehead atoms. The molecule has 16 heavy (non-hydrogen) atoms. The minimum Gasteiger partial charge on any atom is -0.446 e. The second-order valence-corrected chi connectivity index (χ2v) is 4.27. The quantitative estimate of drug-likeness (QED) is 0.745. The fourth-order valence-corrected chi connectivity index (χ4v) is 2.00. The average Bonchev–Trinajstić information content (AvgIpc) is 2.91. The molecule has 1 aromatic heterocycles. The normalized spacial score (nSPS) is 20.4. The van der Waals surface area contributed by atoms with Crippen molar-refractivity contribution in [3.05, 3.63) is 17.8 Å². The van der Waals surface area contributed by atoms with Gasteiger partial charge in [-0.15, -0.1) is 0 Å². The van der Waals surface area contributed by atoms with Crippen molar-refractivity contribution in [2.45, 2.75) is 38.2 Å². The Balaban J connectivity index is 1.77. The maximum atomic E-state index is 5.67. The predicted molar refractivity (Wildman–Crippen MR) is 61.4 cm³/mol. The van der Waals surface area contributed by atoms with E-state index in [4.69, 9.17) is 9.15 Å². The fourth-order valence-electron chi connectivity index (χ4n) is 2.00. The molecular weight excluding hydrogens is 204 g/mol. The molecule has 0 aliphatic carbocycles. The minimum atomic E-state index is 0.323. The third-order valence-corrected chi connectivity index (χ3v) is 2.88. The number of nitrogens with one attached hydrogen (secondary N) is 1. The standard InChI is InChI=1S/C12H20N2O2/c1-13-6-2-4-11-9-14-12(16-11)8-10-5-3-7-15-10/h9-10,13H,2-8H2,1H3. The van der Waals surface area contributed by atoms with Crippen LogP contribution >= 0.6 is 0 Å². The SMILES string of the molecule is CNCCCc1cnc(CC2CCCO2)o1. The van der Waals surface area contributed by atoms with Crippen molar-refractivity contribution in [2.75, 3.05) is 20.2 Å². The Hall–Kier alpha value is -0.870. The van der Waals surface area contributed by atoms with E-state index in [-0.39, 0.29) is 0 Å². The molecule has 0 amide bonds. The van der Waals surface area contributed by atoms with Crippen molar-refractivity contribution < 1.29 is 9.15 Å². The zero-order valence-corrected chi connectivity index (χ0v) is 9.87. The molecule has 0 spiro atoms. The minimum absolute atomic E-state index is 0.323. The third kappa shape index (κ3) is 3.32. The van der Waals surface area contributed by atoms with Crippen LogP contribution in [0.25, 0.3) is 0 Å². The smallest absolute Gasteiger partial charge is 0.196 e. The molecule has 4 nitrogen and oxygen atoms in total. The average molecular weight is 224 g/mol. The summed E-state index contributed by atoms with van der Waals surface area (Å²) in [6.07, 6.45) is 7.35. The van der Waals surface area contributed by atoms with Gasteiger partial charge in [0.05, 0.1) is 18.7 Å². The van der Waals surface area contributed by atoms with Crippen LogP contribution in [0.15, 0.2) is 10.6 Å².